The smallest absolute Gasteiger partial charge is 0.277 e. The van der Waals surface area contributed by atoms with Crippen molar-refractivity contribution >= 4 is 33.6 Å². The van der Waals surface area contributed by atoms with Gasteiger partial charge in [-0.3, -0.25) is 4.79 Å². The van der Waals surface area contributed by atoms with Crippen LogP contribution in [0.4, 0.5) is 0 Å². The quantitative estimate of drug-likeness (QED) is 0.735. The highest BCUT2D eigenvalue weighted by molar-refractivity contribution is 9.10. The van der Waals surface area contributed by atoms with E-state index in [1.165, 1.54) is 18.2 Å². The van der Waals surface area contributed by atoms with Crippen LogP contribution in [0.1, 0.15) is 19.8 Å². The lowest BCUT2D eigenvalue weighted by Gasteiger charge is -2.30. The number of halogens is 1. The lowest BCUT2D eigenvalue weighted by molar-refractivity contribution is -0.130. The molecule has 1 amide bonds. The van der Waals surface area contributed by atoms with Crippen molar-refractivity contribution in [2.24, 2.45) is 5.92 Å². The zero-order valence-electron chi connectivity index (χ0n) is 12.9. The van der Waals surface area contributed by atoms with E-state index in [1.54, 1.807) is 0 Å². The third-order valence-electron chi connectivity index (χ3n) is 3.84. The predicted octanol–water partition coefficient (Wildman–Crippen LogP) is 3.85. The molecule has 1 atom stereocenters. The highest BCUT2D eigenvalue weighted by Gasteiger charge is 2.21. The summed E-state index contributed by atoms with van der Waals surface area (Å²) in [6, 6.07) is 7.68. The van der Waals surface area contributed by atoms with Gasteiger partial charge in [0.05, 0.1) is 11.3 Å². The summed E-state index contributed by atoms with van der Waals surface area (Å²) in [7, 11) is 0. The Balaban J connectivity index is 1.59. The maximum absolute atomic E-state index is 12.3. The number of hydrogen-bond acceptors (Lipinski definition) is 5. The molecule has 0 unspecified atom stereocenters. The van der Waals surface area contributed by atoms with Gasteiger partial charge in [0.1, 0.15) is 0 Å². The second-order valence-electron chi connectivity index (χ2n) is 5.73. The van der Waals surface area contributed by atoms with Crippen molar-refractivity contribution in [1.82, 2.24) is 15.1 Å². The van der Waals surface area contributed by atoms with Gasteiger partial charge in [-0.25, -0.2) is 0 Å². The first kappa shape index (κ1) is 16.5. The highest BCUT2D eigenvalue weighted by Crippen LogP contribution is 2.29. The molecule has 1 fully saturated rings. The van der Waals surface area contributed by atoms with Crippen molar-refractivity contribution < 1.29 is 9.21 Å². The van der Waals surface area contributed by atoms with Gasteiger partial charge in [-0.05, 0) is 46.8 Å². The number of hydrogen-bond donors (Lipinski definition) is 0. The minimum Gasteiger partial charge on any atom is -0.411 e. The van der Waals surface area contributed by atoms with Gasteiger partial charge < -0.3 is 9.32 Å². The summed E-state index contributed by atoms with van der Waals surface area (Å²) in [4.78, 5) is 14.2. The van der Waals surface area contributed by atoms with Crippen LogP contribution in [0, 0.1) is 5.92 Å². The van der Waals surface area contributed by atoms with Crippen LogP contribution in [-0.2, 0) is 4.79 Å². The maximum atomic E-state index is 12.3. The molecule has 0 aliphatic carbocycles. The summed E-state index contributed by atoms with van der Waals surface area (Å²) in [5.41, 5.74) is 0.850. The third kappa shape index (κ3) is 4.14. The van der Waals surface area contributed by atoms with Gasteiger partial charge in [0, 0.05) is 17.6 Å². The molecular formula is C16H18BrN3O2S. The van der Waals surface area contributed by atoms with Gasteiger partial charge in [0.15, 0.2) is 0 Å². The molecule has 2 heterocycles. The van der Waals surface area contributed by atoms with Gasteiger partial charge in [-0.15, -0.1) is 10.2 Å². The fraction of sp³-hybridized carbons (Fsp3) is 0.438. The zero-order chi connectivity index (χ0) is 16.2. The normalized spacial score (nSPS) is 18.2. The van der Waals surface area contributed by atoms with Crippen molar-refractivity contribution in [3.05, 3.63) is 28.7 Å². The average Bonchev–Trinajstić information content (AvgIpc) is 3.02. The number of carbonyl (C=O) groups is 1. The summed E-state index contributed by atoms with van der Waals surface area (Å²) >= 11 is 4.76. The van der Waals surface area contributed by atoms with E-state index >= 15 is 0 Å². The minimum atomic E-state index is 0.141. The van der Waals surface area contributed by atoms with Crippen LogP contribution in [0.25, 0.3) is 11.5 Å². The number of aromatic nitrogens is 2. The number of carbonyl (C=O) groups excluding carboxylic acids is 1. The molecule has 0 radical (unpaired) electrons. The largest absolute Gasteiger partial charge is 0.411 e. The lowest BCUT2D eigenvalue weighted by Crippen LogP contribution is -2.40. The summed E-state index contributed by atoms with van der Waals surface area (Å²) in [5, 5.41) is 8.50. The molecule has 0 N–H and O–H groups in total. The van der Waals surface area contributed by atoms with Crippen LogP contribution in [0.15, 0.2) is 38.4 Å². The Hall–Kier alpha value is -1.34. The maximum Gasteiger partial charge on any atom is 0.277 e. The van der Waals surface area contributed by atoms with Crippen molar-refractivity contribution in [3.63, 3.8) is 0 Å². The van der Waals surface area contributed by atoms with Gasteiger partial charge >= 0.3 is 0 Å². The van der Waals surface area contributed by atoms with Crippen LogP contribution in [0.5, 0.6) is 0 Å². The van der Waals surface area contributed by atoms with Crippen molar-refractivity contribution in [1.29, 1.82) is 0 Å². The van der Waals surface area contributed by atoms with E-state index in [9.17, 15) is 4.79 Å². The zero-order valence-corrected chi connectivity index (χ0v) is 15.3. The van der Waals surface area contributed by atoms with Crippen molar-refractivity contribution in [3.8, 4) is 11.5 Å². The number of thioether (sulfide) groups is 1. The van der Waals surface area contributed by atoms with Crippen LogP contribution >= 0.6 is 27.7 Å². The van der Waals surface area contributed by atoms with Crippen molar-refractivity contribution in [2.45, 2.75) is 25.0 Å². The van der Waals surface area contributed by atoms with Gasteiger partial charge in [0.2, 0.25) is 11.8 Å². The van der Waals surface area contributed by atoms with Crippen LogP contribution < -0.4 is 0 Å². The fourth-order valence-electron chi connectivity index (χ4n) is 2.64. The Bertz CT molecular complexity index is 691. The van der Waals surface area contributed by atoms with E-state index in [2.05, 4.69) is 33.1 Å². The molecule has 7 heteroatoms. The molecule has 0 saturated carbocycles. The van der Waals surface area contributed by atoms with E-state index in [0.29, 0.717) is 22.8 Å². The van der Waals surface area contributed by atoms with Crippen molar-refractivity contribution in [2.75, 3.05) is 18.8 Å². The molecule has 1 aromatic heterocycles. The van der Waals surface area contributed by atoms with E-state index in [1.807, 2.05) is 29.2 Å². The molecule has 1 aliphatic heterocycles. The first-order valence-corrected chi connectivity index (χ1v) is 9.40. The molecule has 0 bridgehead atoms. The molecule has 1 saturated heterocycles. The monoisotopic (exact) mass is 395 g/mol. The predicted molar refractivity (Wildman–Crippen MR) is 93.1 cm³/mol. The second-order valence-corrected chi connectivity index (χ2v) is 7.51. The standard InChI is InChI=1S/C16H18BrN3O2S/c1-11-5-4-8-20(9-11)14(21)10-23-16-19-18-15(22-16)12-6-2-3-7-13(12)17/h2-3,6-7,11H,4-5,8-10H2,1H3/t11-/m1/s1. The van der Waals surface area contributed by atoms with Gasteiger partial charge in [0.25, 0.3) is 5.22 Å². The summed E-state index contributed by atoms with van der Waals surface area (Å²) in [6.45, 7) is 3.90. The topological polar surface area (TPSA) is 59.2 Å². The number of piperidine rings is 1. The molecular weight excluding hydrogens is 378 g/mol. The van der Waals surface area contributed by atoms with Crippen LogP contribution in [0.3, 0.4) is 0 Å². The second kappa shape index (κ2) is 7.49. The van der Waals surface area contributed by atoms with Gasteiger partial charge in [-0.1, -0.05) is 30.8 Å². The van der Waals surface area contributed by atoms with Crippen LogP contribution in [0.2, 0.25) is 0 Å². The Labute approximate surface area is 148 Å². The number of amides is 1. The highest BCUT2D eigenvalue weighted by atomic mass is 79.9. The Kier molecular flexibility index (Phi) is 5.38. The molecule has 0 spiro atoms. The minimum absolute atomic E-state index is 0.141. The Morgan fingerprint density at radius 3 is 3.04 bits per heavy atom. The molecule has 2 aromatic rings. The molecule has 1 aliphatic rings. The fourth-order valence-corrected chi connectivity index (χ4v) is 3.76. The first-order chi connectivity index (χ1) is 11.1. The summed E-state index contributed by atoms with van der Waals surface area (Å²) in [5.74, 6) is 1.52. The van der Waals surface area contributed by atoms with E-state index < -0.39 is 0 Å². The van der Waals surface area contributed by atoms with Gasteiger partial charge in [-0.2, -0.15) is 0 Å². The molecule has 5 nitrogen and oxygen atoms in total. The first-order valence-electron chi connectivity index (χ1n) is 7.62. The average molecular weight is 396 g/mol. The van der Waals surface area contributed by atoms with E-state index in [4.69, 9.17) is 4.42 Å². The Morgan fingerprint density at radius 2 is 2.26 bits per heavy atom. The van der Waals surface area contributed by atoms with E-state index in [-0.39, 0.29) is 5.91 Å². The molecule has 3 rings (SSSR count). The number of benzene rings is 1. The number of rotatable bonds is 4. The Morgan fingerprint density at radius 1 is 1.43 bits per heavy atom. The molecule has 23 heavy (non-hydrogen) atoms. The molecule has 1 aromatic carbocycles. The van der Waals surface area contributed by atoms with E-state index in [0.717, 1.165) is 29.5 Å². The lowest BCUT2D eigenvalue weighted by atomic mass is 10.0. The summed E-state index contributed by atoms with van der Waals surface area (Å²) in [6.07, 6.45) is 2.29. The number of nitrogens with zero attached hydrogens (tertiary/aromatic N) is 3. The number of likely N-dealkylation sites (tertiary alicyclic amines) is 1. The third-order valence-corrected chi connectivity index (χ3v) is 5.33. The summed E-state index contributed by atoms with van der Waals surface area (Å²) < 4.78 is 6.55. The molecule has 122 valence electrons. The SMILES string of the molecule is C[C@@H]1CCCN(C(=O)CSc2nnc(-c3ccccc3Br)o2)C1. The van der Waals surface area contributed by atoms with Crippen LogP contribution in [-0.4, -0.2) is 39.8 Å².